The Balaban J connectivity index is 2.24. The van der Waals surface area contributed by atoms with Crippen molar-refractivity contribution in [3.05, 3.63) is 0 Å². The van der Waals surface area contributed by atoms with Crippen molar-refractivity contribution in [1.82, 2.24) is 10.2 Å². The summed E-state index contributed by atoms with van der Waals surface area (Å²) in [4.78, 5) is 2.20. The van der Waals surface area contributed by atoms with E-state index in [2.05, 4.69) is 30.1 Å². The third-order valence-electron chi connectivity index (χ3n) is 2.65. The van der Waals surface area contributed by atoms with E-state index in [1.165, 1.54) is 12.8 Å². The molecule has 0 aromatic rings. The van der Waals surface area contributed by atoms with Gasteiger partial charge in [0.1, 0.15) is 0 Å². The molecule has 2 unspecified atom stereocenters. The molecule has 0 bridgehead atoms. The summed E-state index contributed by atoms with van der Waals surface area (Å²) in [6.45, 7) is 5.33. The fourth-order valence-corrected chi connectivity index (χ4v) is 1.96. The number of likely N-dealkylation sites (N-methyl/N-ethyl adjacent to an activating group) is 1. The Bertz CT molecular complexity index is 183. The van der Waals surface area contributed by atoms with Gasteiger partial charge >= 0.3 is 0 Å². The molecule has 74 valence electrons. The van der Waals surface area contributed by atoms with E-state index in [4.69, 9.17) is 6.42 Å². The van der Waals surface area contributed by atoms with Crippen LogP contribution in [0.25, 0.3) is 0 Å². The molecule has 1 aliphatic rings. The Morgan fingerprint density at radius 3 is 3.00 bits per heavy atom. The number of hydrogen-bond acceptors (Lipinski definition) is 2. The number of hydrogen-bond donors (Lipinski definition) is 1. The zero-order valence-corrected chi connectivity index (χ0v) is 8.71. The Kier molecular flexibility index (Phi) is 4.27. The molecule has 1 aliphatic heterocycles. The first kappa shape index (κ1) is 10.6. The van der Waals surface area contributed by atoms with E-state index in [0.717, 1.165) is 25.6 Å². The molecule has 0 radical (unpaired) electrons. The summed E-state index contributed by atoms with van der Waals surface area (Å²) >= 11 is 0. The molecule has 13 heavy (non-hydrogen) atoms. The van der Waals surface area contributed by atoms with E-state index >= 15 is 0 Å². The van der Waals surface area contributed by atoms with E-state index in [9.17, 15) is 0 Å². The van der Waals surface area contributed by atoms with Crippen molar-refractivity contribution < 1.29 is 0 Å². The molecular weight excluding hydrogens is 160 g/mol. The van der Waals surface area contributed by atoms with Crippen LogP contribution in [-0.4, -0.2) is 37.6 Å². The smallest absolute Gasteiger partial charge is 0.0596 e. The minimum atomic E-state index is 0.641. The first-order chi connectivity index (χ1) is 6.22. The van der Waals surface area contributed by atoms with Crippen molar-refractivity contribution in [2.24, 2.45) is 5.92 Å². The Labute approximate surface area is 81.7 Å². The van der Waals surface area contributed by atoms with Crippen LogP contribution in [0.5, 0.6) is 0 Å². The van der Waals surface area contributed by atoms with Gasteiger partial charge in [-0.3, -0.25) is 4.90 Å². The predicted octanol–water partition coefficient (Wildman–Crippen LogP) is 0.940. The average molecular weight is 180 g/mol. The highest BCUT2D eigenvalue weighted by Gasteiger charge is 2.18. The molecule has 0 amide bonds. The minimum Gasteiger partial charge on any atom is -0.313 e. The van der Waals surface area contributed by atoms with Crippen molar-refractivity contribution in [2.45, 2.75) is 25.8 Å². The van der Waals surface area contributed by atoms with Gasteiger partial charge in [-0.05, 0) is 32.4 Å². The maximum Gasteiger partial charge on any atom is 0.0596 e. The highest BCUT2D eigenvalue weighted by molar-refractivity contribution is 4.89. The largest absolute Gasteiger partial charge is 0.313 e. The molecular formula is C11H20N2. The van der Waals surface area contributed by atoms with Gasteiger partial charge in [-0.15, -0.1) is 6.42 Å². The highest BCUT2D eigenvalue weighted by Crippen LogP contribution is 2.15. The maximum absolute atomic E-state index is 5.25. The normalized spacial score (nSPS) is 28.8. The first-order valence-corrected chi connectivity index (χ1v) is 5.07. The number of terminal acetylenes is 1. The van der Waals surface area contributed by atoms with Crippen molar-refractivity contribution >= 4 is 0 Å². The number of nitrogens with zero attached hydrogens (tertiary/aromatic N) is 1. The van der Waals surface area contributed by atoms with E-state index in [0.29, 0.717) is 6.04 Å². The minimum absolute atomic E-state index is 0.641. The summed E-state index contributed by atoms with van der Waals surface area (Å²) in [5, 5.41) is 3.53. The Morgan fingerprint density at radius 1 is 1.62 bits per heavy atom. The van der Waals surface area contributed by atoms with Crippen molar-refractivity contribution in [3.63, 3.8) is 0 Å². The molecule has 1 fully saturated rings. The zero-order valence-electron chi connectivity index (χ0n) is 8.71. The van der Waals surface area contributed by atoms with Gasteiger partial charge in [-0.25, -0.2) is 0 Å². The fraction of sp³-hybridized carbons (Fsp3) is 0.818. The Morgan fingerprint density at radius 2 is 2.38 bits per heavy atom. The van der Waals surface area contributed by atoms with Gasteiger partial charge in [0.2, 0.25) is 0 Å². The number of nitrogens with one attached hydrogen (secondary N) is 1. The monoisotopic (exact) mass is 180 g/mol. The third-order valence-corrected chi connectivity index (χ3v) is 2.65. The number of rotatable bonds is 3. The van der Waals surface area contributed by atoms with E-state index in [1.54, 1.807) is 0 Å². The van der Waals surface area contributed by atoms with Crippen LogP contribution in [0.1, 0.15) is 19.8 Å². The molecule has 2 nitrogen and oxygen atoms in total. The SMILES string of the molecule is C#CCN(C)CC1CC(C)CCN1. The summed E-state index contributed by atoms with van der Waals surface area (Å²) in [6, 6.07) is 0.641. The molecule has 1 rings (SSSR count). The second-order valence-electron chi connectivity index (χ2n) is 4.18. The molecule has 0 saturated carbocycles. The van der Waals surface area contributed by atoms with Gasteiger partial charge in [0.25, 0.3) is 0 Å². The molecule has 0 spiro atoms. The van der Waals surface area contributed by atoms with Crippen LogP contribution in [0.2, 0.25) is 0 Å². The number of piperidine rings is 1. The van der Waals surface area contributed by atoms with Crippen LogP contribution < -0.4 is 5.32 Å². The summed E-state index contributed by atoms with van der Waals surface area (Å²) in [5.41, 5.74) is 0. The van der Waals surface area contributed by atoms with Gasteiger partial charge in [0.05, 0.1) is 6.54 Å². The van der Waals surface area contributed by atoms with E-state index in [-0.39, 0.29) is 0 Å². The van der Waals surface area contributed by atoms with Crippen LogP contribution in [0, 0.1) is 18.3 Å². The molecule has 1 heterocycles. The first-order valence-electron chi connectivity index (χ1n) is 5.07. The van der Waals surface area contributed by atoms with Gasteiger partial charge < -0.3 is 5.32 Å². The molecule has 0 aromatic heterocycles. The lowest BCUT2D eigenvalue weighted by Gasteiger charge is -2.30. The van der Waals surface area contributed by atoms with E-state index < -0.39 is 0 Å². The lowest BCUT2D eigenvalue weighted by molar-refractivity contribution is 0.249. The van der Waals surface area contributed by atoms with Crippen molar-refractivity contribution in [3.8, 4) is 12.3 Å². The van der Waals surface area contributed by atoms with Crippen LogP contribution in [-0.2, 0) is 0 Å². The van der Waals surface area contributed by atoms with Crippen molar-refractivity contribution in [1.29, 1.82) is 0 Å². The second kappa shape index (κ2) is 5.26. The summed E-state index contributed by atoms with van der Waals surface area (Å²) in [6.07, 6.45) is 7.85. The third kappa shape index (κ3) is 3.80. The van der Waals surface area contributed by atoms with Gasteiger partial charge in [0.15, 0.2) is 0 Å². The van der Waals surface area contributed by atoms with Crippen molar-refractivity contribution in [2.75, 3.05) is 26.7 Å². The van der Waals surface area contributed by atoms with Crippen LogP contribution in [0.3, 0.4) is 0 Å². The standard InChI is InChI=1S/C11H20N2/c1-4-7-13(3)9-11-8-10(2)5-6-12-11/h1,10-12H,5-9H2,2-3H3. The van der Waals surface area contributed by atoms with Gasteiger partial charge in [-0.2, -0.15) is 0 Å². The zero-order chi connectivity index (χ0) is 9.68. The topological polar surface area (TPSA) is 15.3 Å². The molecule has 1 N–H and O–H groups in total. The molecule has 0 aliphatic carbocycles. The van der Waals surface area contributed by atoms with Crippen LogP contribution >= 0.6 is 0 Å². The average Bonchev–Trinajstić information content (AvgIpc) is 2.04. The summed E-state index contributed by atoms with van der Waals surface area (Å²) in [7, 11) is 2.08. The molecule has 1 saturated heterocycles. The molecule has 2 heteroatoms. The molecule has 2 atom stereocenters. The highest BCUT2D eigenvalue weighted by atomic mass is 15.1. The lowest BCUT2D eigenvalue weighted by Crippen LogP contribution is -2.44. The van der Waals surface area contributed by atoms with Gasteiger partial charge in [-0.1, -0.05) is 12.8 Å². The predicted molar refractivity (Wildman–Crippen MR) is 56.5 cm³/mol. The van der Waals surface area contributed by atoms with Gasteiger partial charge in [0, 0.05) is 12.6 Å². The quantitative estimate of drug-likeness (QED) is 0.650. The van der Waals surface area contributed by atoms with Crippen LogP contribution in [0.15, 0.2) is 0 Å². The maximum atomic E-state index is 5.25. The fourth-order valence-electron chi connectivity index (χ4n) is 1.96. The summed E-state index contributed by atoms with van der Waals surface area (Å²) < 4.78 is 0. The van der Waals surface area contributed by atoms with E-state index in [1.807, 2.05) is 0 Å². The Hall–Kier alpha value is -0.520. The van der Waals surface area contributed by atoms with Crippen LogP contribution in [0.4, 0.5) is 0 Å². The summed E-state index contributed by atoms with van der Waals surface area (Å²) in [5.74, 6) is 3.53. The second-order valence-corrected chi connectivity index (χ2v) is 4.18. The lowest BCUT2D eigenvalue weighted by atomic mass is 9.94. The molecule has 0 aromatic carbocycles.